The summed E-state index contributed by atoms with van der Waals surface area (Å²) in [7, 11) is 0. The monoisotopic (exact) mass is 239 g/mol. The summed E-state index contributed by atoms with van der Waals surface area (Å²) in [4.78, 5) is 0. The molecule has 3 heteroatoms. The Morgan fingerprint density at radius 1 is 1.38 bits per heavy atom. The summed E-state index contributed by atoms with van der Waals surface area (Å²) in [6, 6.07) is 7.55. The lowest BCUT2D eigenvalue weighted by molar-refractivity contribution is 0.515. The van der Waals surface area contributed by atoms with Crippen molar-refractivity contribution < 1.29 is 4.39 Å². The second-order valence-corrected chi connectivity index (χ2v) is 5.36. The van der Waals surface area contributed by atoms with Crippen molar-refractivity contribution in [3.8, 4) is 0 Å². The third-order valence-electron chi connectivity index (χ3n) is 3.27. The highest BCUT2D eigenvalue weighted by Gasteiger charge is 2.25. The number of benzene rings is 1. The fourth-order valence-corrected chi connectivity index (χ4v) is 3.29. The zero-order valence-corrected chi connectivity index (χ0v) is 10.4. The fraction of sp³-hybridized carbons (Fsp3) is 0.538. The molecule has 1 aliphatic rings. The van der Waals surface area contributed by atoms with E-state index in [1.807, 2.05) is 23.9 Å². The molecule has 16 heavy (non-hydrogen) atoms. The van der Waals surface area contributed by atoms with Gasteiger partial charge in [0.15, 0.2) is 0 Å². The van der Waals surface area contributed by atoms with Gasteiger partial charge in [-0.25, -0.2) is 4.39 Å². The van der Waals surface area contributed by atoms with Crippen molar-refractivity contribution in [3.63, 3.8) is 0 Å². The van der Waals surface area contributed by atoms with Gasteiger partial charge in [-0.05, 0) is 25.2 Å². The van der Waals surface area contributed by atoms with Gasteiger partial charge in [0.2, 0.25) is 0 Å². The zero-order chi connectivity index (χ0) is 11.4. The molecule has 1 aromatic rings. The average Bonchev–Trinajstić information content (AvgIpc) is 2.75. The number of hydrogen-bond donors (Lipinski definition) is 1. The number of halogens is 1. The van der Waals surface area contributed by atoms with Crippen molar-refractivity contribution in [2.75, 3.05) is 6.26 Å². The third-order valence-corrected chi connectivity index (χ3v) is 4.44. The summed E-state index contributed by atoms with van der Waals surface area (Å²) in [5, 5.41) is 4.18. The maximum absolute atomic E-state index is 13.4. The molecule has 0 amide bonds. The van der Waals surface area contributed by atoms with Gasteiger partial charge in [0.25, 0.3) is 0 Å². The van der Waals surface area contributed by atoms with E-state index in [2.05, 4.69) is 11.6 Å². The Balaban J connectivity index is 1.90. The first kappa shape index (κ1) is 11.9. The fourth-order valence-electron chi connectivity index (χ4n) is 2.32. The molecule has 0 bridgehead atoms. The first-order valence-corrected chi connectivity index (χ1v) is 7.09. The molecular weight excluding hydrogens is 221 g/mol. The second kappa shape index (κ2) is 5.69. The molecule has 0 heterocycles. The van der Waals surface area contributed by atoms with Gasteiger partial charge in [-0.2, -0.15) is 11.8 Å². The topological polar surface area (TPSA) is 12.0 Å². The average molecular weight is 239 g/mol. The summed E-state index contributed by atoms with van der Waals surface area (Å²) in [5.74, 6) is -0.103. The van der Waals surface area contributed by atoms with Crippen molar-refractivity contribution in [1.29, 1.82) is 0 Å². The summed E-state index contributed by atoms with van der Waals surface area (Å²) in [5.41, 5.74) is 0.772. The van der Waals surface area contributed by atoms with Gasteiger partial charge in [0, 0.05) is 23.4 Å². The molecule has 0 aliphatic heterocycles. The number of rotatable bonds is 4. The molecule has 2 rings (SSSR count). The van der Waals surface area contributed by atoms with Gasteiger partial charge in [-0.15, -0.1) is 0 Å². The summed E-state index contributed by atoms with van der Waals surface area (Å²) in [6.45, 7) is 0.647. The first-order valence-electron chi connectivity index (χ1n) is 5.81. The van der Waals surface area contributed by atoms with Crippen LogP contribution in [-0.4, -0.2) is 17.5 Å². The van der Waals surface area contributed by atoms with Crippen LogP contribution in [0.4, 0.5) is 4.39 Å². The largest absolute Gasteiger partial charge is 0.309 e. The maximum atomic E-state index is 13.4. The molecule has 0 saturated heterocycles. The molecular formula is C13H18FNS. The van der Waals surface area contributed by atoms with E-state index in [0.29, 0.717) is 17.8 Å². The predicted molar refractivity (Wildman–Crippen MR) is 68.2 cm³/mol. The van der Waals surface area contributed by atoms with Crippen LogP contribution in [-0.2, 0) is 6.54 Å². The van der Waals surface area contributed by atoms with Crippen LogP contribution in [0.5, 0.6) is 0 Å². The predicted octanol–water partition coefficient (Wildman–Crippen LogP) is 3.20. The molecule has 0 radical (unpaired) electrons. The standard InChI is InChI=1S/C13H18FNS/c1-16-13-8-4-7-12(13)15-9-10-5-2-3-6-11(10)14/h2-3,5-6,12-13,15H,4,7-9H2,1H3. The SMILES string of the molecule is CSC1CCCC1NCc1ccccc1F. The molecule has 1 saturated carbocycles. The number of nitrogens with one attached hydrogen (secondary N) is 1. The Hall–Kier alpha value is -0.540. The van der Waals surface area contributed by atoms with Crippen LogP contribution in [0.3, 0.4) is 0 Å². The van der Waals surface area contributed by atoms with Crippen molar-refractivity contribution in [2.24, 2.45) is 0 Å². The van der Waals surface area contributed by atoms with E-state index in [1.165, 1.54) is 25.3 Å². The quantitative estimate of drug-likeness (QED) is 0.866. The van der Waals surface area contributed by atoms with Gasteiger partial charge in [-0.3, -0.25) is 0 Å². The highest BCUT2D eigenvalue weighted by molar-refractivity contribution is 7.99. The van der Waals surface area contributed by atoms with Crippen molar-refractivity contribution in [2.45, 2.75) is 37.1 Å². The lowest BCUT2D eigenvalue weighted by atomic mass is 10.2. The van der Waals surface area contributed by atoms with Crippen molar-refractivity contribution in [1.82, 2.24) is 5.32 Å². The Labute approximate surface area is 101 Å². The first-order chi connectivity index (χ1) is 7.81. The van der Waals surface area contributed by atoms with Crippen LogP contribution in [0.1, 0.15) is 24.8 Å². The molecule has 1 nitrogen and oxygen atoms in total. The molecule has 0 aromatic heterocycles. The highest BCUT2D eigenvalue weighted by atomic mass is 32.2. The van der Waals surface area contributed by atoms with Gasteiger partial charge < -0.3 is 5.32 Å². The zero-order valence-electron chi connectivity index (χ0n) is 9.58. The molecule has 1 N–H and O–H groups in total. The van der Waals surface area contributed by atoms with Gasteiger partial charge in [0.05, 0.1) is 0 Å². The lowest BCUT2D eigenvalue weighted by Crippen LogP contribution is -2.33. The Morgan fingerprint density at radius 2 is 2.19 bits per heavy atom. The Bertz CT molecular complexity index is 342. The van der Waals surface area contributed by atoms with Crippen LogP contribution < -0.4 is 5.32 Å². The molecule has 1 aliphatic carbocycles. The minimum Gasteiger partial charge on any atom is -0.309 e. The Kier molecular flexibility index (Phi) is 4.24. The van der Waals surface area contributed by atoms with Crippen LogP contribution >= 0.6 is 11.8 Å². The molecule has 2 unspecified atom stereocenters. The van der Waals surface area contributed by atoms with Crippen LogP contribution in [0.2, 0.25) is 0 Å². The van der Waals surface area contributed by atoms with Gasteiger partial charge in [-0.1, -0.05) is 24.6 Å². The summed E-state index contributed by atoms with van der Waals surface area (Å²) in [6.07, 6.45) is 5.96. The van der Waals surface area contributed by atoms with E-state index in [1.54, 1.807) is 6.07 Å². The van der Waals surface area contributed by atoms with Crippen LogP contribution in [0.15, 0.2) is 24.3 Å². The summed E-state index contributed by atoms with van der Waals surface area (Å²) >= 11 is 1.92. The second-order valence-electron chi connectivity index (χ2n) is 4.28. The lowest BCUT2D eigenvalue weighted by Gasteiger charge is -2.19. The molecule has 88 valence electrons. The molecule has 1 fully saturated rings. The molecule has 0 spiro atoms. The Morgan fingerprint density at radius 3 is 2.94 bits per heavy atom. The van der Waals surface area contributed by atoms with Crippen LogP contribution in [0, 0.1) is 5.82 Å². The van der Waals surface area contributed by atoms with E-state index < -0.39 is 0 Å². The number of hydrogen-bond acceptors (Lipinski definition) is 2. The molecule has 2 atom stereocenters. The van der Waals surface area contributed by atoms with E-state index >= 15 is 0 Å². The van der Waals surface area contributed by atoms with Crippen molar-refractivity contribution >= 4 is 11.8 Å². The maximum Gasteiger partial charge on any atom is 0.127 e. The normalized spacial score (nSPS) is 24.9. The minimum absolute atomic E-state index is 0.103. The van der Waals surface area contributed by atoms with E-state index in [0.717, 1.165) is 5.56 Å². The van der Waals surface area contributed by atoms with Crippen LogP contribution in [0.25, 0.3) is 0 Å². The van der Waals surface area contributed by atoms with E-state index in [4.69, 9.17) is 0 Å². The van der Waals surface area contributed by atoms with Gasteiger partial charge >= 0.3 is 0 Å². The number of thioether (sulfide) groups is 1. The third kappa shape index (κ3) is 2.77. The summed E-state index contributed by atoms with van der Waals surface area (Å²) < 4.78 is 13.4. The van der Waals surface area contributed by atoms with E-state index in [9.17, 15) is 4.39 Å². The molecule has 1 aromatic carbocycles. The van der Waals surface area contributed by atoms with E-state index in [-0.39, 0.29) is 5.82 Å². The highest BCUT2D eigenvalue weighted by Crippen LogP contribution is 2.28. The smallest absolute Gasteiger partial charge is 0.127 e. The van der Waals surface area contributed by atoms with Gasteiger partial charge in [0.1, 0.15) is 5.82 Å². The van der Waals surface area contributed by atoms with Crippen molar-refractivity contribution in [3.05, 3.63) is 35.6 Å². The minimum atomic E-state index is -0.103.